The predicted molar refractivity (Wildman–Crippen MR) is 90.1 cm³/mol. The third-order valence-corrected chi connectivity index (χ3v) is 4.53. The third-order valence-electron chi connectivity index (χ3n) is 2.90. The summed E-state index contributed by atoms with van der Waals surface area (Å²) in [5, 5.41) is 18.5. The maximum Gasteiger partial charge on any atom is 0.293 e. The molecule has 0 bridgehead atoms. The Bertz CT molecular complexity index is 905. The van der Waals surface area contributed by atoms with Gasteiger partial charge in [-0.25, -0.2) is 4.98 Å². The van der Waals surface area contributed by atoms with Gasteiger partial charge in [0.15, 0.2) is 10.9 Å². The van der Waals surface area contributed by atoms with Crippen LogP contribution in [0.4, 0.5) is 10.1 Å². The Hall–Kier alpha value is -2.96. The molecule has 9 heteroatoms. The summed E-state index contributed by atoms with van der Waals surface area (Å²) in [6, 6.07) is 6.82. The fourth-order valence-corrected chi connectivity index (χ4v) is 3.30. The Morgan fingerprint density at radius 1 is 1.29 bits per heavy atom. The first-order chi connectivity index (χ1) is 11.7. The van der Waals surface area contributed by atoms with Crippen molar-refractivity contribution < 1.29 is 14.0 Å². The van der Waals surface area contributed by atoms with Crippen molar-refractivity contribution in [3.63, 3.8) is 0 Å². The fourth-order valence-electron chi connectivity index (χ4n) is 1.84. The van der Waals surface area contributed by atoms with Gasteiger partial charge in [-0.3, -0.25) is 14.9 Å². The lowest BCUT2D eigenvalue weighted by Gasteiger charge is -2.01. The molecule has 2 amide bonds. The first kappa shape index (κ1) is 15.9. The molecular formula is C15H10N4O3S2. The maximum absolute atomic E-state index is 12.0. The summed E-state index contributed by atoms with van der Waals surface area (Å²) in [6.07, 6.45) is 1.46. The van der Waals surface area contributed by atoms with Gasteiger partial charge in [0.2, 0.25) is 5.91 Å². The highest BCUT2D eigenvalue weighted by atomic mass is 32.1. The standard InChI is InChI=1S/C15H10N4O3S2/c16-7-9-3-5-23-14(9)18-12(20)6-10-8-24-15(17-10)19-13(21)11-2-1-4-22-11/h1-5,8H,6H2,(H,18,20)(H,17,19,21). The van der Waals surface area contributed by atoms with Gasteiger partial charge in [-0.05, 0) is 23.6 Å². The molecule has 0 atom stereocenters. The molecule has 3 aromatic heterocycles. The Morgan fingerprint density at radius 3 is 2.92 bits per heavy atom. The van der Waals surface area contributed by atoms with E-state index in [0.29, 0.717) is 21.4 Å². The first-order valence-corrected chi connectivity index (χ1v) is 8.48. The second-order valence-corrected chi connectivity index (χ2v) is 6.35. The van der Waals surface area contributed by atoms with Gasteiger partial charge >= 0.3 is 0 Å². The van der Waals surface area contributed by atoms with Gasteiger partial charge < -0.3 is 9.73 Å². The highest BCUT2D eigenvalue weighted by Gasteiger charge is 2.14. The number of anilines is 2. The normalized spacial score (nSPS) is 10.1. The van der Waals surface area contributed by atoms with Crippen molar-refractivity contribution >= 4 is 44.6 Å². The van der Waals surface area contributed by atoms with Crippen molar-refractivity contribution in [2.75, 3.05) is 10.6 Å². The lowest BCUT2D eigenvalue weighted by molar-refractivity contribution is -0.115. The number of hydrogen-bond donors (Lipinski definition) is 2. The summed E-state index contributed by atoms with van der Waals surface area (Å²) in [5.74, 6) is -0.489. The molecule has 3 aromatic rings. The number of aromatic nitrogens is 1. The molecule has 0 spiro atoms. The van der Waals surface area contributed by atoms with E-state index < -0.39 is 5.91 Å². The molecular weight excluding hydrogens is 348 g/mol. The number of nitrogens with zero attached hydrogens (tertiary/aromatic N) is 2. The van der Waals surface area contributed by atoms with Crippen molar-refractivity contribution in [1.82, 2.24) is 4.98 Å². The minimum atomic E-state index is -0.400. The number of furan rings is 1. The Kier molecular flexibility index (Phi) is 4.69. The number of nitriles is 1. The van der Waals surface area contributed by atoms with E-state index in [-0.39, 0.29) is 18.1 Å². The molecule has 0 saturated heterocycles. The van der Waals surface area contributed by atoms with Crippen molar-refractivity contribution in [2.45, 2.75) is 6.42 Å². The van der Waals surface area contributed by atoms with Crippen LogP contribution in [-0.2, 0) is 11.2 Å². The summed E-state index contributed by atoms with van der Waals surface area (Å²) >= 11 is 2.50. The molecule has 0 aliphatic heterocycles. The summed E-state index contributed by atoms with van der Waals surface area (Å²) in [6.45, 7) is 0. The fraction of sp³-hybridized carbons (Fsp3) is 0.0667. The minimum Gasteiger partial charge on any atom is -0.459 e. The van der Waals surface area contributed by atoms with Crippen molar-refractivity contribution in [3.05, 3.63) is 52.2 Å². The molecule has 7 nitrogen and oxygen atoms in total. The van der Waals surface area contributed by atoms with Crippen LogP contribution in [0.2, 0.25) is 0 Å². The van der Waals surface area contributed by atoms with Gasteiger partial charge in [-0.2, -0.15) is 5.26 Å². The van der Waals surface area contributed by atoms with Crippen LogP contribution in [0.5, 0.6) is 0 Å². The van der Waals surface area contributed by atoms with Gasteiger partial charge in [0.1, 0.15) is 11.1 Å². The predicted octanol–water partition coefficient (Wildman–Crippen LogP) is 3.10. The van der Waals surface area contributed by atoms with Crippen LogP contribution in [0.1, 0.15) is 21.8 Å². The van der Waals surface area contributed by atoms with E-state index in [0.717, 1.165) is 0 Å². The highest BCUT2D eigenvalue weighted by Crippen LogP contribution is 2.23. The van der Waals surface area contributed by atoms with Gasteiger partial charge in [-0.1, -0.05) is 0 Å². The smallest absolute Gasteiger partial charge is 0.293 e. The lowest BCUT2D eigenvalue weighted by atomic mass is 10.3. The number of carbonyl (C=O) groups excluding carboxylic acids is 2. The average molecular weight is 358 g/mol. The summed E-state index contributed by atoms with van der Waals surface area (Å²) < 4.78 is 4.99. The number of hydrogen-bond acceptors (Lipinski definition) is 7. The summed E-state index contributed by atoms with van der Waals surface area (Å²) in [5.41, 5.74) is 0.959. The SMILES string of the molecule is N#Cc1ccsc1NC(=O)Cc1csc(NC(=O)c2ccco2)n1. The molecule has 24 heavy (non-hydrogen) atoms. The van der Waals surface area contributed by atoms with Gasteiger partial charge in [0.05, 0.1) is 23.9 Å². The number of amides is 2. The van der Waals surface area contributed by atoms with E-state index in [1.807, 2.05) is 6.07 Å². The first-order valence-electron chi connectivity index (χ1n) is 6.72. The van der Waals surface area contributed by atoms with Crippen molar-refractivity contribution in [1.29, 1.82) is 5.26 Å². The molecule has 0 fully saturated rings. The van der Waals surface area contributed by atoms with E-state index in [1.54, 1.807) is 29.0 Å². The van der Waals surface area contributed by atoms with E-state index in [1.165, 1.54) is 28.9 Å². The number of nitrogens with one attached hydrogen (secondary N) is 2. The molecule has 0 saturated carbocycles. The lowest BCUT2D eigenvalue weighted by Crippen LogP contribution is -2.15. The number of thiophene rings is 1. The topological polar surface area (TPSA) is 108 Å². The quantitative estimate of drug-likeness (QED) is 0.728. The van der Waals surface area contributed by atoms with Crippen LogP contribution in [0.25, 0.3) is 0 Å². The van der Waals surface area contributed by atoms with Gasteiger partial charge in [0, 0.05) is 5.38 Å². The number of thiazole rings is 1. The van der Waals surface area contributed by atoms with Crippen molar-refractivity contribution in [2.24, 2.45) is 0 Å². The van der Waals surface area contributed by atoms with Gasteiger partial charge in [-0.15, -0.1) is 22.7 Å². The molecule has 3 heterocycles. The highest BCUT2D eigenvalue weighted by molar-refractivity contribution is 7.14. The van der Waals surface area contributed by atoms with Crippen LogP contribution in [-0.4, -0.2) is 16.8 Å². The molecule has 0 aromatic carbocycles. The minimum absolute atomic E-state index is 0.0515. The van der Waals surface area contributed by atoms with E-state index in [4.69, 9.17) is 9.68 Å². The molecule has 2 N–H and O–H groups in total. The zero-order valence-corrected chi connectivity index (χ0v) is 13.7. The molecule has 0 aliphatic rings. The molecule has 0 aliphatic carbocycles. The van der Waals surface area contributed by atoms with Crippen LogP contribution in [0, 0.1) is 11.3 Å². The number of carbonyl (C=O) groups is 2. The summed E-state index contributed by atoms with van der Waals surface area (Å²) in [4.78, 5) is 28.1. The van der Waals surface area contributed by atoms with Gasteiger partial charge in [0.25, 0.3) is 5.91 Å². The molecule has 120 valence electrons. The second-order valence-electron chi connectivity index (χ2n) is 4.58. The second kappa shape index (κ2) is 7.08. The largest absolute Gasteiger partial charge is 0.459 e. The molecule has 0 radical (unpaired) electrons. The Morgan fingerprint density at radius 2 is 2.17 bits per heavy atom. The molecule has 3 rings (SSSR count). The van der Waals surface area contributed by atoms with E-state index in [2.05, 4.69) is 15.6 Å². The Labute approximate surface area is 144 Å². The Balaban J connectivity index is 1.59. The zero-order chi connectivity index (χ0) is 16.9. The monoisotopic (exact) mass is 358 g/mol. The van der Waals surface area contributed by atoms with Crippen LogP contribution >= 0.6 is 22.7 Å². The number of rotatable bonds is 5. The molecule has 0 unspecified atom stereocenters. The van der Waals surface area contributed by atoms with Crippen LogP contribution < -0.4 is 10.6 Å². The van der Waals surface area contributed by atoms with Crippen LogP contribution in [0.15, 0.2) is 39.6 Å². The zero-order valence-electron chi connectivity index (χ0n) is 12.1. The van der Waals surface area contributed by atoms with E-state index in [9.17, 15) is 9.59 Å². The maximum atomic E-state index is 12.0. The van der Waals surface area contributed by atoms with Crippen molar-refractivity contribution in [3.8, 4) is 6.07 Å². The average Bonchev–Trinajstić information content (AvgIpc) is 3.28. The van der Waals surface area contributed by atoms with Crippen LogP contribution in [0.3, 0.4) is 0 Å². The third kappa shape index (κ3) is 3.68. The van der Waals surface area contributed by atoms with E-state index >= 15 is 0 Å². The summed E-state index contributed by atoms with van der Waals surface area (Å²) in [7, 11) is 0.